The van der Waals surface area contributed by atoms with Crippen molar-refractivity contribution in [3.63, 3.8) is 0 Å². The van der Waals surface area contributed by atoms with Gasteiger partial charge < -0.3 is 4.89 Å². The first-order chi connectivity index (χ1) is 6.14. The van der Waals surface area contributed by atoms with E-state index in [-0.39, 0.29) is 0 Å². The molecule has 4 nitrogen and oxygen atoms in total. The SMILES string of the molecule is CCC1CCCCOP(=O)(O)OC1. The van der Waals surface area contributed by atoms with Crippen molar-refractivity contribution in [1.29, 1.82) is 0 Å². The van der Waals surface area contributed by atoms with Crippen molar-refractivity contribution >= 4 is 7.82 Å². The molecule has 2 atom stereocenters. The molecule has 13 heavy (non-hydrogen) atoms. The van der Waals surface area contributed by atoms with Crippen LogP contribution in [0.1, 0.15) is 32.6 Å². The molecule has 78 valence electrons. The van der Waals surface area contributed by atoms with Crippen molar-refractivity contribution in [3.05, 3.63) is 0 Å². The zero-order valence-corrected chi connectivity index (χ0v) is 8.83. The molecule has 0 aromatic heterocycles. The van der Waals surface area contributed by atoms with E-state index in [0.29, 0.717) is 19.1 Å². The van der Waals surface area contributed by atoms with Crippen LogP contribution in [0.3, 0.4) is 0 Å². The average molecular weight is 208 g/mol. The number of rotatable bonds is 1. The predicted molar refractivity (Wildman–Crippen MR) is 49.4 cm³/mol. The highest BCUT2D eigenvalue weighted by atomic mass is 31.2. The Labute approximate surface area is 78.9 Å². The number of phosphoric acid groups is 1. The van der Waals surface area contributed by atoms with E-state index in [4.69, 9.17) is 13.9 Å². The minimum atomic E-state index is -3.74. The lowest BCUT2D eigenvalue weighted by Crippen LogP contribution is -2.06. The summed E-state index contributed by atoms with van der Waals surface area (Å²) < 4.78 is 20.7. The third-order valence-electron chi connectivity index (χ3n) is 2.31. The normalized spacial score (nSPS) is 37.5. The van der Waals surface area contributed by atoms with Crippen molar-refractivity contribution < 1.29 is 18.5 Å². The van der Waals surface area contributed by atoms with E-state index in [9.17, 15) is 4.57 Å². The lowest BCUT2D eigenvalue weighted by Gasteiger charge is -2.14. The molecule has 0 aromatic carbocycles. The van der Waals surface area contributed by atoms with E-state index >= 15 is 0 Å². The summed E-state index contributed by atoms with van der Waals surface area (Å²) in [6.45, 7) is 2.73. The fourth-order valence-corrected chi connectivity index (χ4v) is 2.19. The zero-order valence-electron chi connectivity index (χ0n) is 7.94. The molecule has 1 rings (SSSR count). The molecule has 1 aliphatic rings. The molecule has 1 fully saturated rings. The van der Waals surface area contributed by atoms with Crippen LogP contribution < -0.4 is 0 Å². The summed E-state index contributed by atoms with van der Waals surface area (Å²) in [5.74, 6) is 0.391. The molecule has 2 unspecified atom stereocenters. The largest absolute Gasteiger partial charge is 0.472 e. The molecular weight excluding hydrogens is 191 g/mol. The van der Waals surface area contributed by atoms with Crippen LogP contribution in [-0.2, 0) is 13.6 Å². The second-order valence-corrected chi connectivity index (χ2v) is 4.82. The van der Waals surface area contributed by atoms with Gasteiger partial charge in [0.15, 0.2) is 0 Å². The summed E-state index contributed by atoms with van der Waals surface area (Å²) in [6, 6.07) is 0. The van der Waals surface area contributed by atoms with Gasteiger partial charge in [-0.25, -0.2) is 4.57 Å². The van der Waals surface area contributed by atoms with Gasteiger partial charge in [-0.3, -0.25) is 9.05 Å². The monoisotopic (exact) mass is 208 g/mol. The number of hydrogen-bond acceptors (Lipinski definition) is 3. The third kappa shape index (κ3) is 4.23. The molecule has 0 bridgehead atoms. The van der Waals surface area contributed by atoms with Crippen molar-refractivity contribution in [2.75, 3.05) is 13.2 Å². The Bertz CT molecular complexity index is 195. The Hall–Kier alpha value is 0.110. The highest BCUT2D eigenvalue weighted by molar-refractivity contribution is 7.47. The summed E-state index contributed by atoms with van der Waals surface area (Å²) in [7, 11) is -3.74. The Balaban J connectivity index is 2.47. The van der Waals surface area contributed by atoms with Crippen molar-refractivity contribution in [2.45, 2.75) is 32.6 Å². The van der Waals surface area contributed by atoms with E-state index in [1.807, 2.05) is 0 Å². The molecule has 1 saturated heterocycles. The van der Waals surface area contributed by atoms with Gasteiger partial charge in [0, 0.05) is 0 Å². The smallest absolute Gasteiger partial charge is 0.302 e. The standard InChI is InChI=1S/C8H17O4P/c1-2-8-5-3-4-6-11-13(9,10)12-7-8/h8H,2-7H2,1H3,(H,9,10). The molecule has 0 aliphatic carbocycles. The Morgan fingerprint density at radius 1 is 1.46 bits per heavy atom. The van der Waals surface area contributed by atoms with Crippen molar-refractivity contribution in [3.8, 4) is 0 Å². The molecule has 0 amide bonds. The molecule has 5 heteroatoms. The zero-order chi connectivity index (χ0) is 9.73. The highest BCUT2D eigenvalue weighted by Gasteiger charge is 2.23. The van der Waals surface area contributed by atoms with E-state index in [1.54, 1.807) is 0 Å². The number of phosphoric ester groups is 1. The maximum Gasteiger partial charge on any atom is 0.472 e. The molecule has 1 aliphatic heterocycles. The van der Waals surface area contributed by atoms with E-state index in [2.05, 4.69) is 6.92 Å². The maximum absolute atomic E-state index is 11.1. The van der Waals surface area contributed by atoms with Gasteiger partial charge in [0.05, 0.1) is 13.2 Å². The van der Waals surface area contributed by atoms with Crippen molar-refractivity contribution in [2.24, 2.45) is 5.92 Å². The fourth-order valence-electron chi connectivity index (χ4n) is 1.36. The Morgan fingerprint density at radius 2 is 2.23 bits per heavy atom. The molecule has 1 heterocycles. The minimum absolute atomic E-state index is 0.324. The van der Waals surface area contributed by atoms with Crippen LogP contribution in [0.4, 0.5) is 0 Å². The van der Waals surface area contributed by atoms with Gasteiger partial charge in [-0.15, -0.1) is 0 Å². The second-order valence-electron chi connectivity index (χ2n) is 3.37. The second kappa shape index (κ2) is 5.11. The lowest BCUT2D eigenvalue weighted by atomic mass is 10.0. The van der Waals surface area contributed by atoms with Gasteiger partial charge in [-0.05, 0) is 18.8 Å². The topological polar surface area (TPSA) is 55.8 Å². The Morgan fingerprint density at radius 3 is 2.92 bits per heavy atom. The third-order valence-corrected chi connectivity index (χ3v) is 3.30. The molecule has 0 aromatic rings. The van der Waals surface area contributed by atoms with Crippen LogP contribution in [0, 0.1) is 5.92 Å². The lowest BCUT2D eigenvalue weighted by molar-refractivity contribution is 0.138. The van der Waals surface area contributed by atoms with Crippen LogP contribution in [0.2, 0.25) is 0 Å². The van der Waals surface area contributed by atoms with Gasteiger partial charge in [0.2, 0.25) is 0 Å². The summed E-state index contributed by atoms with van der Waals surface area (Å²) in [4.78, 5) is 9.13. The molecule has 1 N–H and O–H groups in total. The van der Waals surface area contributed by atoms with Crippen LogP contribution in [0.25, 0.3) is 0 Å². The summed E-state index contributed by atoms with van der Waals surface area (Å²) in [5.41, 5.74) is 0. The molecule has 0 radical (unpaired) electrons. The van der Waals surface area contributed by atoms with Crippen LogP contribution in [-0.4, -0.2) is 18.1 Å². The van der Waals surface area contributed by atoms with Crippen molar-refractivity contribution in [1.82, 2.24) is 0 Å². The van der Waals surface area contributed by atoms with Gasteiger partial charge in [0.1, 0.15) is 0 Å². The predicted octanol–water partition coefficient (Wildman–Crippen LogP) is 2.33. The first kappa shape index (κ1) is 11.2. The van der Waals surface area contributed by atoms with Gasteiger partial charge in [-0.2, -0.15) is 0 Å². The van der Waals surface area contributed by atoms with Gasteiger partial charge >= 0.3 is 7.82 Å². The van der Waals surface area contributed by atoms with E-state index < -0.39 is 7.82 Å². The number of hydrogen-bond donors (Lipinski definition) is 1. The van der Waals surface area contributed by atoms with Crippen LogP contribution in [0.15, 0.2) is 0 Å². The van der Waals surface area contributed by atoms with Gasteiger partial charge in [-0.1, -0.05) is 19.8 Å². The van der Waals surface area contributed by atoms with Crippen LogP contribution >= 0.6 is 7.82 Å². The first-order valence-corrected chi connectivity index (χ1v) is 6.25. The Kier molecular flexibility index (Phi) is 4.39. The average Bonchev–Trinajstić information content (AvgIpc) is 2.16. The van der Waals surface area contributed by atoms with Gasteiger partial charge in [0.25, 0.3) is 0 Å². The van der Waals surface area contributed by atoms with Crippen LogP contribution in [0.5, 0.6) is 0 Å². The molecular formula is C8H17O4P. The van der Waals surface area contributed by atoms with E-state index in [1.165, 1.54) is 0 Å². The quantitative estimate of drug-likeness (QED) is 0.672. The minimum Gasteiger partial charge on any atom is -0.302 e. The molecule has 0 saturated carbocycles. The summed E-state index contributed by atoms with van der Waals surface area (Å²) in [5, 5.41) is 0. The summed E-state index contributed by atoms with van der Waals surface area (Å²) >= 11 is 0. The maximum atomic E-state index is 11.1. The first-order valence-electron chi connectivity index (χ1n) is 4.76. The van der Waals surface area contributed by atoms with E-state index in [0.717, 1.165) is 25.7 Å². The summed E-state index contributed by atoms with van der Waals surface area (Å²) in [6.07, 6.45) is 3.92. The fraction of sp³-hybridized carbons (Fsp3) is 1.00. The molecule has 0 spiro atoms. The highest BCUT2D eigenvalue weighted by Crippen LogP contribution is 2.44.